The van der Waals surface area contributed by atoms with Gasteiger partial charge in [-0.05, 0) is 45.7 Å². The lowest BCUT2D eigenvalue weighted by atomic mass is 10.1. The molecular formula is C19H30N2O5. The lowest BCUT2D eigenvalue weighted by Crippen LogP contribution is -2.37. The van der Waals surface area contributed by atoms with Gasteiger partial charge in [-0.2, -0.15) is 0 Å². The highest BCUT2D eigenvalue weighted by atomic mass is 16.6. The molecule has 0 aliphatic carbocycles. The van der Waals surface area contributed by atoms with Crippen molar-refractivity contribution in [3.63, 3.8) is 0 Å². The van der Waals surface area contributed by atoms with Crippen molar-refractivity contribution in [1.29, 1.82) is 0 Å². The molecule has 0 N–H and O–H groups in total. The Labute approximate surface area is 155 Å². The minimum atomic E-state index is -0.520. The van der Waals surface area contributed by atoms with E-state index in [0.29, 0.717) is 13.0 Å². The molecule has 146 valence electrons. The number of nitro groups is 1. The Morgan fingerprint density at radius 3 is 2.12 bits per heavy atom. The maximum atomic E-state index is 12.0. The molecule has 1 rings (SSSR count). The molecule has 0 aliphatic heterocycles. The molecule has 7 heteroatoms. The molecule has 0 radical (unpaired) electrons. The molecule has 7 nitrogen and oxygen atoms in total. The van der Waals surface area contributed by atoms with E-state index in [4.69, 9.17) is 4.74 Å². The first-order valence-electron chi connectivity index (χ1n) is 8.98. The highest BCUT2D eigenvalue weighted by Crippen LogP contribution is 2.15. The third-order valence-corrected chi connectivity index (χ3v) is 3.89. The molecule has 1 amide bonds. The van der Waals surface area contributed by atoms with Gasteiger partial charge >= 0.3 is 5.97 Å². The molecule has 0 aromatic heterocycles. The van der Waals surface area contributed by atoms with Crippen molar-refractivity contribution in [2.45, 2.75) is 66.5 Å². The van der Waals surface area contributed by atoms with Crippen LogP contribution in [0, 0.1) is 10.1 Å². The van der Waals surface area contributed by atoms with E-state index in [1.807, 2.05) is 27.7 Å². The fourth-order valence-electron chi connectivity index (χ4n) is 2.51. The zero-order valence-corrected chi connectivity index (χ0v) is 16.5. The van der Waals surface area contributed by atoms with Crippen LogP contribution in [0.1, 0.15) is 64.7 Å². The molecule has 0 fully saturated rings. The van der Waals surface area contributed by atoms with E-state index in [1.54, 1.807) is 11.8 Å². The van der Waals surface area contributed by atoms with Crippen LogP contribution < -0.4 is 0 Å². The lowest BCUT2D eigenvalue weighted by Gasteiger charge is -2.27. The Morgan fingerprint density at radius 2 is 1.69 bits per heavy atom. The van der Waals surface area contributed by atoms with Crippen molar-refractivity contribution in [1.82, 2.24) is 4.90 Å². The fraction of sp³-hybridized carbons (Fsp3) is 0.579. The van der Waals surface area contributed by atoms with Gasteiger partial charge in [-0.1, -0.05) is 13.8 Å². The van der Waals surface area contributed by atoms with Crippen molar-refractivity contribution < 1.29 is 19.2 Å². The second kappa shape index (κ2) is 12.0. The number of nitrogens with zero attached hydrogens (tertiary/aromatic N) is 2. The number of hydrogen-bond donors (Lipinski definition) is 0. The minimum Gasteiger partial charge on any atom is -0.459 e. The van der Waals surface area contributed by atoms with Crippen molar-refractivity contribution >= 4 is 17.6 Å². The van der Waals surface area contributed by atoms with Crippen molar-refractivity contribution in [3.05, 3.63) is 39.9 Å². The Hall–Kier alpha value is -2.44. The maximum absolute atomic E-state index is 12.0. The zero-order valence-electron chi connectivity index (χ0n) is 16.5. The summed E-state index contributed by atoms with van der Waals surface area (Å²) in [5, 5.41) is 10.6. The second-order valence-corrected chi connectivity index (χ2v) is 5.75. The van der Waals surface area contributed by atoms with E-state index < -0.39 is 10.9 Å². The van der Waals surface area contributed by atoms with Crippen LogP contribution >= 0.6 is 0 Å². The number of carbonyl (C=O) groups excluding carboxylic acids is 2. The SMILES string of the molecule is CC.CCN(C(C)=O)C(C)CCC(C)OC(=O)c1ccc([N+](=O)[O-])cc1. The summed E-state index contributed by atoms with van der Waals surface area (Å²) in [4.78, 5) is 35.4. The summed E-state index contributed by atoms with van der Waals surface area (Å²) in [6, 6.07) is 5.38. The van der Waals surface area contributed by atoms with Gasteiger partial charge in [0.2, 0.25) is 5.91 Å². The molecule has 0 bridgehead atoms. The highest BCUT2D eigenvalue weighted by Gasteiger charge is 2.18. The molecular weight excluding hydrogens is 336 g/mol. The first kappa shape index (κ1) is 23.6. The summed E-state index contributed by atoms with van der Waals surface area (Å²) >= 11 is 0. The topological polar surface area (TPSA) is 89.8 Å². The third-order valence-electron chi connectivity index (χ3n) is 3.89. The van der Waals surface area contributed by atoms with E-state index in [9.17, 15) is 19.7 Å². The summed E-state index contributed by atoms with van der Waals surface area (Å²) < 4.78 is 5.35. The smallest absolute Gasteiger partial charge is 0.338 e. The van der Waals surface area contributed by atoms with Gasteiger partial charge < -0.3 is 9.64 Å². The first-order chi connectivity index (χ1) is 12.3. The number of ether oxygens (including phenoxy) is 1. The van der Waals surface area contributed by atoms with Gasteiger partial charge in [0.1, 0.15) is 0 Å². The van der Waals surface area contributed by atoms with Gasteiger partial charge in [-0.15, -0.1) is 0 Å². The minimum absolute atomic E-state index is 0.0283. The van der Waals surface area contributed by atoms with Crippen LogP contribution in [0.25, 0.3) is 0 Å². The van der Waals surface area contributed by atoms with E-state index in [0.717, 1.165) is 6.42 Å². The summed E-state index contributed by atoms with van der Waals surface area (Å²) in [5.74, 6) is -0.482. The predicted molar refractivity (Wildman–Crippen MR) is 101 cm³/mol. The van der Waals surface area contributed by atoms with Crippen LogP contribution in [0.4, 0.5) is 5.69 Å². The summed E-state index contributed by atoms with van der Waals surface area (Å²) in [6.07, 6.45) is 1.05. The number of esters is 1. The largest absolute Gasteiger partial charge is 0.459 e. The number of rotatable bonds is 8. The maximum Gasteiger partial charge on any atom is 0.338 e. The van der Waals surface area contributed by atoms with Crippen LogP contribution in [0.15, 0.2) is 24.3 Å². The number of non-ortho nitro benzene ring substituents is 1. The van der Waals surface area contributed by atoms with Crippen LogP contribution in [0.5, 0.6) is 0 Å². The van der Waals surface area contributed by atoms with Gasteiger partial charge in [0.05, 0.1) is 16.6 Å². The van der Waals surface area contributed by atoms with Crippen molar-refractivity contribution in [2.24, 2.45) is 0 Å². The van der Waals surface area contributed by atoms with Crippen molar-refractivity contribution in [3.8, 4) is 0 Å². The molecule has 0 saturated heterocycles. The molecule has 0 saturated carbocycles. The normalized spacial score (nSPS) is 12.2. The molecule has 1 aromatic rings. The van der Waals surface area contributed by atoms with Crippen LogP contribution in [-0.2, 0) is 9.53 Å². The Balaban J connectivity index is 0.00000301. The van der Waals surface area contributed by atoms with Gasteiger partial charge in [0.15, 0.2) is 0 Å². The Kier molecular flexibility index (Phi) is 10.9. The fourth-order valence-corrected chi connectivity index (χ4v) is 2.51. The number of hydrogen-bond acceptors (Lipinski definition) is 5. The molecule has 26 heavy (non-hydrogen) atoms. The summed E-state index contributed by atoms with van der Waals surface area (Å²) in [5.41, 5.74) is 0.205. The highest BCUT2D eigenvalue weighted by molar-refractivity contribution is 5.89. The monoisotopic (exact) mass is 366 g/mol. The first-order valence-corrected chi connectivity index (χ1v) is 8.98. The summed E-state index contributed by atoms with van der Waals surface area (Å²) in [7, 11) is 0. The quantitative estimate of drug-likeness (QED) is 0.391. The van der Waals surface area contributed by atoms with E-state index in [-0.39, 0.29) is 29.3 Å². The Bertz CT molecular complexity index is 586. The standard InChI is InChI=1S/C17H24N2O5.C2H6/c1-5-18(14(4)20)12(2)6-7-13(3)24-17(21)15-8-10-16(11-9-15)19(22)23;1-2/h8-13H,5-7H2,1-4H3;1-2H3. The molecule has 0 heterocycles. The van der Waals surface area contributed by atoms with Gasteiger partial charge in [0, 0.05) is 31.6 Å². The van der Waals surface area contributed by atoms with E-state index >= 15 is 0 Å². The van der Waals surface area contributed by atoms with Crippen LogP contribution in [-0.4, -0.2) is 40.4 Å². The Morgan fingerprint density at radius 1 is 1.15 bits per heavy atom. The van der Waals surface area contributed by atoms with Gasteiger partial charge in [0.25, 0.3) is 5.69 Å². The van der Waals surface area contributed by atoms with E-state index in [2.05, 4.69) is 0 Å². The lowest BCUT2D eigenvalue weighted by molar-refractivity contribution is -0.384. The molecule has 0 aliphatic rings. The second-order valence-electron chi connectivity index (χ2n) is 5.75. The third kappa shape index (κ3) is 7.63. The average molecular weight is 366 g/mol. The van der Waals surface area contributed by atoms with E-state index in [1.165, 1.54) is 31.2 Å². The summed E-state index contributed by atoms with van der Waals surface area (Å²) in [6.45, 7) is 11.9. The van der Waals surface area contributed by atoms with Gasteiger partial charge in [-0.3, -0.25) is 14.9 Å². The number of carbonyl (C=O) groups is 2. The van der Waals surface area contributed by atoms with Crippen LogP contribution in [0.2, 0.25) is 0 Å². The molecule has 1 aromatic carbocycles. The average Bonchev–Trinajstić information content (AvgIpc) is 2.62. The number of nitro benzene ring substituents is 1. The molecule has 2 atom stereocenters. The number of benzene rings is 1. The van der Waals surface area contributed by atoms with Gasteiger partial charge in [-0.25, -0.2) is 4.79 Å². The molecule has 2 unspecified atom stereocenters. The predicted octanol–water partition coefficient (Wildman–Crippen LogP) is 4.20. The molecule has 0 spiro atoms. The van der Waals surface area contributed by atoms with Crippen molar-refractivity contribution in [2.75, 3.05) is 6.54 Å². The van der Waals surface area contributed by atoms with Crippen LogP contribution in [0.3, 0.4) is 0 Å². The zero-order chi connectivity index (χ0) is 20.3. The number of amides is 1.